The zero-order valence-corrected chi connectivity index (χ0v) is 26.0. The number of hydrogen-bond donors (Lipinski definition) is 1. The summed E-state index contributed by atoms with van der Waals surface area (Å²) in [6.45, 7) is 3.59. The number of piperazine rings is 1. The number of fused-ring (bicyclic) bond motifs is 1. The number of aliphatic imine (C=N–C) groups is 1. The summed E-state index contributed by atoms with van der Waals surface area (Å²) in [5.41, 5.74) is 9.49. The van der Waals surface area contributed by atoms with E-state index in [9.17, 15) is 4.79 Å². The summed E-state index contributed by atoms with van der Waals surface area (Å²) in [4.78, 5) is 37.9. The number of rotatable bonds is 9. The predicted octanol–water partition coefficient (Wildman–Crippen LogP) is 3.97. The maximum atomic E-state index is 13.8. The van der Waals surface area contributed by atoms with Gasteiger partial charge in [-0.1, -0.05) is 17.7 Å². The van der Waals surface area contributed by atoms with Crippen molar-refractivity contribution >= 4 is 46.5 Å². The second kappa shape index (κ2) is 13.0. The van der Waals surface area contributed by atoms with E-state index in [0.717, 1.165) is 43.2 Å². The number of nitrogens with zero attached hydrogens (tertiary/aromatic N) is 7. The Morgan fingerprint density at radius 2 is 1.71 bits per heavy atom. The number of amides is 1. The van der Waals surface area contributed by atoms with E-state index in [4.69, 9.17) is 31.5 Å². The number of halogens is 1. The number of methoxy groups -OCH3 is 3. The van der Waals surface area contributed by atoms with Gasteiger partial charge in [0.25, 0.3) is 11.9 Å². The average molecular weight is 629 g/mol. The van der Waals surface area contributed by atoms with Gasteiger partial charge >= 0.3 is 0 Å². The van der Waals surface area contributed by atoms with E-state index in [2.05, 4.69) is 29.7 Å². The number of aromatic nitrogens is 3. The molecule has 0 bridgehead atoms. The van der Waals surface area contributed by atoms with Crippen LogP contribution in [0.3, 0.4) is 0 Å². The average Bonchev–Trinajstić information content (AvgIpc) is 3.31. The molecular weight excluding hydrogens is 596 g/mol. The molecule has 0 unspecified atom stereocenters. The minimum Gasteiger partial charge on any atom is -0.493 e. The van der Waals surface area contributed by atoms with Gasteiger partial charge in [-0.25, -0.2) is 15.0 Å². The molecule has 1 fully saturated rings. The summed E-state index contributed by atoms with van der Waals surface area (Å²) in [6.07, 6.45) is 3.83. The second-order valence-electron chi connectivity index (χ2n) is 10.6. The van der Waals surface area contributed by atoms with Gasteiger partial charge in [0.15, 0.2) is 11.5 Å². The third-order valence-electron chi connectivity index (χ3n) is 7.86. The molecule has 0 aliphatic carbocycles. The molecular formula is C32H33ClN8O4. The molecule has 4 heterocycles. The molecule has 2 aliphatic heterocycles. The minimum absolute atomic E-state index is 0.0845. The summed E-state index contributed by atoms with van der Waals surface area (Å²) < 4.78 is 16.4. The van der Waals surface area contributed by atoms with Crippen molar-refractivity contribution in [2.45, 2.75) is 6.42 Å². The van der Waals surface area contributed by atoms with Crippen molar-refractivity contribution < 1.29 is 19.0 Å². The summed E-state index contributed by atoms with van der Waals surface area (Å²) in [7, 11) is 4.68. The van der Waals surface area contributed by atoms with E-state index >= 15 is 0 Å². The molecule has 2 aromatic heterocycles. The summed E-state index contributed by atoms with van der Waals surface area (Å²) in [5.74, 6) is 2.61. The molecule has 2 aliphatic rings. The van der Waals surface area contributed by atoms with Crippen molar-refractivity contribution in [1.82, 2.24) is 19.9 Å². The first-order chi connectivity index (χ1) is 21.9. The van der Waals surface area contributed by atoms with E-state index in [1.807, 2.05) is 36.4 Å². The Balaban J connectivity index is 1.21. The fraction of sp³-hybridized carbons (Fsp3) is 0.281. The lowest BCUT2D eigenvalue weighted by Gasteiger charge is -2.37. The molecule has 0 saturated carbocycles. The molecule has 0 spiro atoms. The van der Waals surface area contributed by atoms with Crippen molar-refractivity contribution in [1.29, 1.82) is 0 Å². The lowest BCUT2D eigenvalue weighted by molar-refractivity contribution is -0.112. The quantitative estimate of drug-likeness (QED) is 0.290. The lowest BCUT2D eigenvalue weighted by Crippen LogP contribution is -2.51. The van der Waals surface area contributed by atoms with Crippen LogP contribution in [0.1, 0.15) is 16.7 Å². The number of benzene rings is 2. The van der Waals surface area contributed by atoms with Gasteiger partial charge in [0.05, 0.1) is 33.7 Å². The molecule has 6 rings (SSSR count). The third-order valence-corrected chi connectivity index (χ3v) is 8.09. The van der Waals surface area contributed by atoms with Crippen LogP contribution in [0.4, 0.5) is 23.3 Å². The third kappa shape index (κ3) is 6.19. The zero-order chi connectivity index (χ0) is 31.5. The highest BCUT2D eigenvalue weighted by Crippen LogP contribution is 2.39. The standard InChI is InChI=1S/C32H33ClN8O4/c1-43-25-15-20(16-26(44-2)29(25)45-3)14-21-18-36-32(38-30(21)34)37-28-23-17-22(33)7-8-24(23)41(31(28)42)19-39-10-12-40(13-11-39)27-6-4-5-9-35-27/h4-9,15-18H,10-14,19H2,1-3H3,(H2,34,36,38)/b37-28-. The topological polar surface area (TPSA) is 132 Å². The summed E-state index contributed by atoms with van der Waals surface area (Å²) in [5, 5.41) is 0.501. The van der Waals surface area contributed by atoms with Crippen LogP contribution < -0.4 is 29.7 Å². The van der Waals surface area contributed by atoms with Gasteiger partial charge in [0, 0.05) is 61.1 Å². The summed E-state index contributed by atoms with van der Waals surface area (Å²) >= 11 is 6.35. The van der Waals surface area contributed by atoms with Gasteiger partial charge in [-0.05, 0) is 48.0 Å². The van der Waals surface area contributed by atoms with Crippen molar-refractivity contribution in [3.05, 3.63) is 82.6 Å². The van der Waals surface area contributed by atoms with Crippen molar-refractivity contribution in [2.24, 2.45) is 4.99 Å². The maximum Gasteiger partial charge on any atom is 0.278 e. The minimum atomic E-state index is -0.247. The molecule has 45 heavy (non-hydrogen) atoms. The van der Waals surface area contributed by atoms with Crippen LogP contribution in [0.25, 0.3) is 0 Å². The number of nitrogen functional groups attached to an aromatic ring is 1. The fourth-order valence-corrected chi connectivity index (χ4v) is 5.72. The molecule has 13 heteroatoms. The molecule has 1 saturated heterocycles. The SMILES string of the molecule is COc1cc(Cc2cnc(/N=C3\C(=O)N(CN4CCN(c5ccccn5)CC4)c4ccc(Cl)cc43)nc2N)cc(OC)c1OC. The highest BCUT2D eigenvalue weighted by atomic mass is 35.5. The van der Waals surface area contributed by atoms with Gasteiger partial charge < -0.3 is 24.8 Å². The Hall–Kier alpha value is -4.94. The van der Waals surface area contributed by atoms with E-state index in [1.165, 1.54) is 0 Å². The maximum absolute atomic E-state index is 13.8. The molecule has 2 N–H and O–H groups in total. The summed E-state index contributed by atoms with van der Waals surface area (Å²) in [6, 6.07) is 15.0. The number of pyridine rings is 1. The van der Waals surface area contributed by atoms with Gasteiger partial charge in [-0.2, -0.15) is 4.98 Å². The number of carbonyl (C=O) groups excluding carboxylic acids is 1. The van der Waals surface area contributed by atoms with Crippen molar-refractivity contribution in [3.63, 3.8) is 0 Å². The Morgan fingerprint density at radius 1 is 0.956 bits per heavy atom. The number of nitrogens with two attached hydrogens (primary N) is 1. The number of anilines is 3. The Bertz CT molecular complexity index is 1720. The highest BCUT2D eigenvalue weighted by Gasteiger charge is 2.36. The van der Waals surface area contributed by atoms with Crippen LogP contribution in [-0.4, -0.2) is 85.6 Å². The van der Waals surface area contributed by atoms with Crippen LogP contribution >= 0.6 is 11.6 Å². The number of carbonyl (C=O) groups is 1. The number of hydrogen-bond acceptors (Lipinski definition) is 11. The molecule has 1 amide bonds. The van der Waals surface area contributed by atoms with Crippen LogP contribution in [0, 0.1) is 0 Å². The van der Waals surface area contributed by atoms with E-state index in [1.54, 1.807) is 50.8 Å². The first-order valence-electron chi connectivity index (χ1n) is 14.4. The molecule has 0 radical (unpaired) electrons. The van der Waals surface area contributed by atoms with Crippen LogP contribution in [0.5, 0.6) is 17.2 Å². The Morgan fingerprint density at radius 3 is 2.36 bits per heavy atom. The molecule has 232 valence electrons. The number of ether oxygens (including phenoxy) is 3. The largest absolute Gasteiger partial charge is 0.493 e. The monoisotopic (exact) mass is 628 g/mol. The van der Waals surface area contributed by atoms with Gasteiger partial charge in [0.2, 0.25) is 5.75 Å². The zero-order valence-electron chi connectivity index (χ0n) is 25.2. The van der Waals surface area contributed by atoms with Gasteiger partial charge in [-0.3, -0.25) is 14.6 Å². The van der Waals surface area contributed by atoms with Crippen LogP contribution in [-0.2, 0) is 11.2 Å². The second-order valence-corrected chi connectivity index (χ2v) is 11.0. The van der Waals surface area contributed by atoms with E-state index in [-0.39, 0.29) is 23.4 Å². The lowest BCUT2D eigenvalue weighted by atomic mass is 10.1. The Labute approximate surface area is 266 Å². The van der Waals surface area contributed by atoms with Gasteiger partial charge in [0.1, 0.15) is 17.3 Å². The Kier molecular flexibility index (Phi) is 8.67. The van der Waals surface area contributed by atoms with Crippen LogP contribution in [0.2, 0.25) is 5.02 Å². The van der Waals surface area contributed by atoms with Crippen molar-refractivity contribution in [2.75, 3.05) is 69.7 Å². The van der Waals surface area contributed by atoms with E-state index < -0.39 is 0 Å². The first-order valence-corrected chi connectivity index (χ1v) is 14.8. The first kappa shape index (κ1) is 30.1. The molecule has 2 aromatic carbocycles. The highest BCUT2D eigenvalue weighted by molar-refractivity contribution is 6.55. The fourth-order valence-electron chi connectivity index (χ4n) is 5.55. The predicted molar refractivity (Wildman–Crippen MR) is 173 cm³/mol. The molecule has 0 atom stereocenters. The smallest absolute Gasteiger partial charge is 0.278 e. The van der Waals surface area contributed by atoms with Crippen molar-refractivity contribution in [3.8, 4) is 17.2 Å². The molecule has 12 nitrogen and oxygen atoms in total. The molecule has 4 aromatic rings. The van der Waals surface area contributed by atoms with Gasteiger partial charge in [-0.15, -0.1) is 0 Å². The normalized spacial score (nSPS) is 15.8. The van der Waals surface area contributed by atoms with E-state index in [0.29, 0.717) is 46.5 Å². The van der Waals surface area contributed by atoms with Crippen LogP contribution in [0.15, 0.2) is 65.9 Å².